The first-order chi connectivity index (χ1) is 9.76. The van der Waals surface area contributed by atoms with Gasteiger partial charge in [0.2, 0.25) is 0 Å². The molecule has 0 aliphatic heterocycles. The summed E-state index contributed by atoms with van der Waals surface area (Å²) in [4.78, 5) is 4.53. The number of hydrogen-bond donors (Lipinski definition) is 1. The highest BCUT2D eigenvalue weighted by molar-refractivity contribution is 7.19. The second-order valence-electron chi connectivity index (χ2n) is 4.28. The first-order valence-corrected chi connectivity index (χ1v) is 6.98. The maximum absolute atomic E-state index is 9.73. The maximum Gasteiger partial charge on any atom is 0.160 e. The number of thiazole rings is 1. The van der Waals surface area contributed by atoms with Gasteiger partial charge in [0, 0.05) is 0 Å². The SMILES string of the molecule is COc1ccc(/C=C\c2nc3ccccc3s2)cc1O. The zero-order valence-electron chi connectivity index (χ0n) is 10.9. The lowest BCUT2D eigenvalue weighted by Crippen LogP contribution is -1.83. The van der Waals surface area contributed by atoms with Gasteiger partial charge in [-0.05, 0) is 35.9 Å². The molecule has 1 N–H and O–H groups in total. The van der Waals surface area contributed by atoms with Gasteiger partial charge in [-0.3, -0.25) is 0 Å². The molecule has 0 unspecified atom stereocenters. The Morgan fingerprint density at radius 2 is 2.00 bits per heavy atom. The number of nitrogens with zero attached hydrogens (tertiary/aromatic N) is 1. The second-order valence-corrected chi connectivity index (χ2v) is 5.35. The fraction of sp³-hybridized carbons (Fsp3) is 0.0625. The fourth-order valence-electron chi connectivity index (χ4n) is 1.94. The number of para-hydroxylation sites is 1. The zero-order chi connectivity index (χ0) is 13.9. The predicted molar refractivity (Wildman–Crippen MR) is 83.2 cm³/mol. The Hall–Kier alpha value is -2.33. The van der Waals surface area contributed by atoms with Gasteiger partial charge in [0.1, 0.15) is 5.01 Å². The van der Waals surface area contributed by atoms with Crippen molar-refractivity contribution < 1.29 is 9.84 Å². The molecule has 4 heteroatoms. The Labute approximate surface area is 120 Å². The number of aromatic hydroxyl groups is 1. The number of phenols is 1. The minimum atomic E-state index is 0.138. The summed E-state index contributed by atoms with van der Waals surface area (Å²) in [5.41, 5.74) is 1.91. The van der Waals surface area contributed by atoms with Gasteiger partial charge >= 0.3 is 0 Å². The summed E-state index contributed by atoms with van der Waals surface area (Å²) in [6.07, 6.45) is 3.88. The molecule has 0 aliphatic rings. The Bertz CT molecular complexity index is 744. The van der Waals surface area contributed by atoms with Gasteiger partial charge < -0.3 is 9.84 Å². The van der Waals surface area contributed by atoms with E-state index in [9.17, 15) is 5.11 Å². The third kappa shape index (κ3) is 2.51. The standard InChI is InChI=1S/C16H13NO2S/c1-19-14-8-6-11(10-13(14)18)7-9-16-17-12-4-2-3-5-15(12)20-16/h2-10,18H,1H3/b9-7-. The molecule has 0 atom stereocenters. The van der Waals surface area contributed by atoms with Crippen molar-refractivity contribution in [3.8, 4) is 11.5 Å². The molecule has 0 radical (unpaired) electrons. The molecule has 0 bridgehead atoms. The lowest BCUT2D eigenvalue weighted by atomic mass is 10.2. The summed E-state index contributed by atoms with van der Waals surface area (Å²) in [5, 5.41) is 10.7. The van der Waals surface area contributed by atoms with Gasteiger partial charge in [0.25, 0.3) is 0 Å². The monoisotopic (exact) mass is 283 g/mol. The summed E-state index contributed by atoms with van der Waals surface area (Å²) in [6, 6.07) is 13.4. The molecular weight excluding hydrogens is 270 g/mol. The zero-order valence-corrected chi connectivity index (χ0v) is 11.7. The number of fused-ring (bicyclic) bond motifs is 1. The van der Waals surface area contributed by atoms with E-state index in [0.29, 0.717) is 5.75 Å². The van der Waals surface area contributed by atoms with Crippen molar-refractivity contribution in [3.05, 3.63) is 53.0 Å². The molecule has 0 fully saturated rings. The van der Waals surface area contributed by atoms with E-state index in [1.165, 1.54) is 11.8 Å². The van der Waals surface area contributed by atoms with Crippen molar-refractivity contribution in [2.24, 2.45) is 0 Å². The molecule has 1 heterocycles. The molecule has 0 amide bonds. The summed E-state index contributed by atoms with van der Waals surface area (Å²) in [5.74, 6) is 0.612. The number of ether oxygens (including phenoxy) is 1. The molecule has 0 spiro atoms. The van der Waals surface area contributed by atoms with Crippen molar-refractivity contribution in [3.63, 3.8) is 0 Å². The van der Waals surface area contributed by atoms with Crippen LogP contribution in [0.2, 0.25) is 0 Å². The lowest BCUT2D eigenvalue weighted by molar-refractivity contribution is 0.373. The average Bonchev–Trinajstić information content (AvgIpc) is 2.88. The molecule has 3 rings (SSSR count). The third-order valence-electron chi connectivity index (χ3n) is 2.93. The Morgan fingerprint density at radius 3 is 2.75 bits per heavy atom. The van der Waals surface area contributed by atoms with Crippen LogP contribution >= 0.6 is 11.3 Å². The van der Waals surface area contributed by atoms with E-state index < -0.39 is 0 Å². The number of rotatable bonds is 3. The minimum absolute atomic E-state index is 0.138. The smallest absolute Gasteiger partial charge is 0.160 e. The van der Waals surface area contributed by atoms with Crippen LogP contribution < -0.4 is 4.74 Å². The largest absolute Gasteiger partial charge is 0.504 e. The van der Waals surface area contributed by atoms with Gasteiger partial charge in [-0.2, -0.15) is 0 Å². The molecule has 100 valence electrons. The van der Waals surface area contributed by atoms with E-state index in [1.807, 2.05) is 36.4 Å². The normalized spacial score (nSPS) is 11.2. The highest BCUT2D eigenvalue weighted by Crippen LogP contribution is 2.28. The van der Waals surface area contributed by atoms with E-state index in [2.05, 4.69) is 11.1 Å². The molecular formula is C16H13NO2S. The molecule has 0 aliphatic carbocycles. The van der Waals surface area contributed by atoms with Crippen molar-refractivity contribution >= 4 is 33.7 Å². The van der Waals surface area contributed by atoms with Crippen LogP contribution in [0, 0.1) is 0 Å². The predicted octanol–water partition coefficient (Wildman–Crippen LogP) is 4.18. The summed E-state index contributed by atoms with van der Waals surface area (Å²) < 4.78 is 6.19. The van der Waals surface area contributed by atoms with Gasteiger partial charge in [-0.15, -0.1) is 11.3 Å². The third-order valence-corrected chi connectivity index (χ3v) is 3.93. The van der Waals surface area contributed by atoms with Gasteiger partial charge in [-0.25, -0.2) is 4.98 Å². The molecule has 3 aromatic rings. The number of methoxy groups -OCH3 is 1. The lowest BCUT2D eigenvalue weighted by Gasteiger charge is -2.02. The van der Waals surface area contributed by atoms with E-state index in [-0.39, 0.29) is 5.75 Å². The van der Waals surface area contributed by atoms with Crippen molar-refractivity contribution in [2.45, 2.75) is 0 Å². The highest BCUT2D eigenvalue weighted by Gasteiger charge is 2.02. The summed E-state index contributed by atoms with van der Waals surface area (Å²) >= 11 is 1.64. The second kappa shape index (κ2) is 5.35. The summed E-state index contributed by atoms with van der Waals surface area (Å²) in [7, 11) is 1.53. The molecule has 3 nitrogen and oxygen atoms in total. The molecule has 1 aromatic heterocycles. The molecule has 2 aromatic carbocycles. The van der Waals surface area contributed by atoms with E-state index >= 15 is 0 Å². The highest BCUT2D eigenvalue weighted by atomic mass is 32.1. The van der Waals surface area contributed by atoms with E-state index in [0.717, 1.165) is 16.1 Å². The molecule has 0 saturated heterocycles. The van der Waals surface area contributed by atoms with E-state index in [1.54, 1.807) is 23.5 Å². The van der Waals surface area contributed by atoms with E-state index in [4.69, 9.17) is 4.74 Å². The Morgan fingerprint density at radius 1 is 1.15 bits per heavy atom. The van der Waals surface area contributed by atoms with Gasteiger partial charge in [0.05, 0.1) is 17.3 Å². The topological polar surface area (TPSA) is 42.4 Å². The fourth-order valence-corrected chi connectivity index (χ4v) is 2.81. The number of aromatic nitrogens is 1. The van der Waals surface area contributed by atoms with Crippen LogP contribution in [0.5, 0.6) is 11.5 Å². The number of hydrogen-bond acceptors (Lipinski definition) is 4. The first kappa shape index (κ1) is 12.7. The van der Waals surface area contributed by atoms with Crippen molar-refractivity contribution in [1.82, 2.24) is 4.98 Å². The van der Waals surface area contributed by atoms with Crippen LogP contribution in [-0.4, -0.2) is 17.2 Å². The van der Waals surface area contributed by atoms with Gasteiger partial charge in [-0.1, -0.05) is 24.3 Å². The average molecular weight is 283 g/mol. The van der Waals surface area contributed by atoms with Crippen molar-refractivity contribution in [2.75, 3.05) is 7.11 Å². The number of benzene rings is 2. The quantitative estimate of drug-likeness (QED) is 0.784. The molecule has 20 heavy (non-hydrogen) atoms. The van der Waals surface area contributed by atoms with Crippen LogP contribution in [-0.2, 0) is 0 Å². The maximum atomic E-state index is 9.73. The van der Waals surface area contributed by atoms with Crippen LogP contribution in [0.3, 0.4) is 0 Å². The van der Waals surface area contributed by atoms with Crippen molar-refractivity contribution in [1.29, 1.82) is 0 Å². The number of phenolic OH excluding ortho intramolecular Hbond substituents is 1. The summed E-state index contributed by atoms with van der Waals surface area (Å²) in [6.45, 7) is 0. The van der Waals surface area contributed by atoms with Crippen LogP contribution in [0.4, 0.5) is 0 Å². The Balaban J connectivity index is 1.88. The van der Waals surface area contributed by atoms with Gasteiger partial charge in [0.15, 0.2) is 11.5 Å². The van der Waals surface area contributed by atoms with Crippen LogP contribution in [0.15, 0.2) is 42.5 Å². The first-order valence-electron chi connectivity index (χ1n) is 6.17. The Kier molecular flexibility index (Phi) is 3.39. The van der Waals surface area contributed by atoms with Crippen LogP contribution in [0.25, 0.3) is 22.4 Å². The molecule has 0 saturated carbocycles. The van der Waals surface area contributed by atoms with Crippen LogP contribution in [0.1, 0.15) is 10.6 Å². The minimum Gasteiger partial charge on any atom is -0.504 e.